The monoisotopic (exact) mass is 315 g/mol. The highest BCUT2D eigenvalue weighted by molar-refractivity contribution is 7.18. The number of fused-ring (bicyclic) bond motifs is 1. The van der Waals surface area contributed by atoms with Gasteiger partial charge in [0.25, 0.3) is 0 Å². The van der Waals surface area contributed by atoms with E-state index >= 15 is 0 Å². The molecule has 2 aromatic heterocycles. The molecule has 7 heteroatoms. The molecule has 0 saturated carbocycles. The van der Waals surface area contributed by atoms with Crippen molar-refractivity contribution in [3.63, 3.8) is 0 Å². The number of nitrogens with zero attached hydrogens (tertiary/aromatic N) is 4. The van der Waals surface area contributed by atoms with E-state index < -0.39 is 5.91 Å². The van der Waals surface area contributed by atoms with Gasteiger partial charge in [-0.05, 0) is 19.1 Å². The molecular weight excluding hydrogens is 298 g/mol. The van der Waals surface area contributed by atoms with E-state index in [4.69, 9.17) is 5.73 Å². The summed E-state index contributed by atoms with van der Waals surface area (Å²) in [5.74, 6) is 0.956. The van der Waals surface area contributed by atoms with Crippen LogP contribution in [0.5, 0.6) is 0 Å². The van der Waals surface area contributed by atoms with Crippen molar-refractivity contribution in [2.75, 3.05) is 0 Å². The Morgan fingerprint density at radius 1 is 1.27 bits per heavy atom. The molecule has 3 aromatic rings. The molecule has 0 unspecified atom stereocenters. The lowest BCUT2D eigenvalue weighted by Crippen LogP contribution is -2.14. The lowest BCUT2D eigenvalue weighted by Gasteiger charge is -2.00. The minimum atomic E-state index is -0.411. The van der Waals surface area contributed by atoms with E-state index in [2.05, 4.69) is 21.1 Å². The lowest BCUT2D eigenvalue weighted by atomic mass is 10.3. The van der Waals surface area contributed by atoms with Gasteiger partial charge in [0.15, 0.2) is 5.82 Å². The third-order valence-electron chi connectivity index (χ3n) is 3.32. The van der Waals surface area contributed by atoms with Crippen molar-refractivity contribution in [2.45, 2.75) is 32.7 Å². The molecule has 0 spiro atoms. The molecule has 2 heterocycles. The number of rotatable bonds is 6. The summed E-state index contributed by atoms with van der Waals surface area (Å²) in [6.07, 6.45) is 1.65. The first-order valence-corrected chi connectivity index (χ1v) is 8.02. The van der Waals surface area contributed by atoms with Crippen LogP contribution in [0.2, 0.25) is 0 Å². The van der Waals surface area contributed by atoms with Gasteiger partial charge < -0.3 is 5.73 Å². The second-order valence-electron chi connectivity index (χ2n) is 4.98. The number of carbonyl (C=O) groups excluding carboxylic acids is 1. The van der Waals surface area contributed by atoms with E-state index in [-0.39, 0.29) is 6.42 Å². The Kier molecular flexibility index (Phi) is 4.15. The zero-order chi connectivity index (χ0) is 15.5. The largest absolute Gasteiger partial charge is 0.369 e. The highest BCUT2D eigenvalue weighted by Gasteiger charge is 2.12. The van der Waals surface area contributed by atoms with Crippen LogP contribution in [-0.4, -0.2) is 25.7 Å². The summed E-state index contributed by atoms with van der Waals surface area (Å²) in [7, 11) is 0. The number of thiazole rings is 1. The smallest absolute Gasteiger partial charge is 0.225 e. The zero-order valence-corrected chi connectivity index (χ0v) is 13.1. The van der Waals surface area contributed by atoms with E-state index in [1.165, 1.54) is 4.70 Å². The molecule has 6 nitrogen and oxygen atoms in total. The zero-order valence-electron chi connectivity index (χ0n) is 12.3. The van der Waals surface area contributed by atoms with E-state index in [1.807, 2.05) is 29.8 Å². The molecule has 1 amide bonds. The third-order valence-corrected chi connectivity index (χ3v) is 4.42. The number of carbonyl (C=O) groups is 1. The van der Waals surface area contributed by atoms with Gasteiger partial charge in [-0.3, -0.25) is 9.48 Å². The maximum absolute atomic E-state index is 11.0. The Balaban J connectivity index is 1.75. The van der Waals surface area contributed by atoms with Gasteiger partial charge in [-0.25, -0.2) is 9.97 Å². The van der Waals surface area contributed by atoms with Crippen LogP contribution in [0.25, 0.3) is 10.2 Å². The Labute approximate surface area is 132 Å². The summed E-state index contributed by atoms with van der Waals surface area (Å²) < 4.78 is 3.02. The van der Waals surface area contributed by atoms with Crippen LogP contribution in [0, 0.1) is 0 Å². The molecule has 0 atom stereocenters. The number of primary amides is 1. The van der Waals surface area contributed by atoms with Gasteiger partial charge in [0.2, 0.25) is 5.91 Å². The van der Waals surface area contributed by atoms with Gasteiger partial charge in [-0.2, -0.15) is 5.10 Å². The molecule has 2 N–H and O–H groups in total. The van der Waals surface area contributed by atoms with E-state index in [1.54, 1.807) is 11.3 Å². The number of aromatic nitrogens is 4. The number of para-hydroxylation sites is 1. The predicted molar refractivity (Wildman–Crippen MR) is 85.6 cm³/mol. The minimum absolute atomic E-state index is 0.0845. The summed E-state index contributed by atoms with van der Waals surface area (Å²) in [4.78, 5) is 20.0. The van der Waals surface area contributed by atoms with E-state index in [9.17, 15) is 4.79 Å². The van der Waals surface area contributed by atoms with Crippen molar-refractivity contribution < 1.29 is 4.79 Å². The Morgan fingerprint density at radius 3 is 2.82 bits per heavy atom. The van der Waals surface area contributed by atoms with Crippen LogP contribution in [0.1, 0.15) is 23.6 Å². The quantitative estimate of drug-likeness (QED) is 0.750. The average molecular weight is 315 g/mol. The minimum Gasteiger partial charge on any atom is -0.369 e. The van der Waals surface area contributed by atoms with Crippen LogP contribution in [-0.2, 0) is 30.6 Å². The van der Waals surface area contributed by atoms with Gasteiger partial charge in [-0.1, -0.05) is 12.1 Å². The van der Waals surface area contributed by atoms with Crippen molar-refractivity contribution >= 4 is 27.5 Å². The fraction of sp³-hybridized carbons (Fsp3) is 0.333. The van der Waals surface area contributed by atoms with Crippen LogP contribution < -0.4 is 5.73 Å². The van der Waals surface area contributed by atoms with Crippen molar-refractivity contribution in [3.8, 4) is 0 Å². The van der Waals surface area contributed by atoms with E-state index in [0.29, 0.717) is 5.82 Å². The Morgan fingerprint density at radius 2 is 2.09 bits per heavy atom. The van der Waals surface area contributed by atoms with Crippen molar-refractivity contribution in [1.82, 2.24) is 19.7 Å². The van der Waals surface area contributed by atoms with Crippen molar-refractivity contribution in [3.05, 3.63) is 40.9 Å². The first kappa shape index (κ1) is 14.6. The Hall–Kier alpha value is -2.28. The van der Waals surface area contributed by atoms with E-state index in [0.717, 1.165) is 35.7 Å². The molecule has 0 aliphatic carbocycles. The molecule has 0 radical (unpaired) electrons. The maximum Gasteiger partial charge on any atom is 0.225 e. The van der Waals surface area contributed by atoms with Gasteiger partial charge in [-0.15, -0.1) is 11.3 Å². The highest BCUT2D eigenvalue weighted by Crippen LogP contribution is 2.22. The number of hydrogen-bond donors (Lipinski definition) is 1. The number of hydrogen-bond acceptors (Lipinski definition) is 5. The summed E-state index contributed by atoms with van der Waals surface area (Å²) in [5.41, 5.74) is 6.23. The summed E-state index contributed by atoms with van der Waals surface area (Å²) in [6, 6.07) is 8.12. The molecule has 114 valence electrons. The topological polar surface area (TPSA) is 86.7 Å². The summed E-state index contributed by atoms with van der Waals surface area (Å²) in [6.45, 7) is 2.73. The first-order valence-electron chi connectivity index (χ1n) is 7.21. The molecule has 1 aromatic carbocycles. The second kappa shape index (κ2) is 6.23. The normalized spacial score (nSPS) is 11.1. The summed E-state index contributed by atoms with van der Waals surface area (Å²) in [5, 5.41) is 5.40. The van der Waals surface area contributed by atoms with Crippen molar-refractivity contribution in [1.29, 1.82) is 0 Å². The SMILES string of the molecule is CCn1nc(CC(N)=O)nc1CCc1nc2ccccc2s1. The molecule has 0 saturated heterocycles. The van der Waals surface area contributed by atoms with Crippen LogP contribution >= 0.6 is 11.3 Å². The molecule has 0 bridgehead atoms. The first-order chi connectivity index (χ1) is 10.7. The summed E-state index contributed by atoms with van der Waals surface area (Å²) >= 11 is 1.70. The van der Waals surface area contributed by atoms with Crippen LogP contribution in [0.4, 0.5) is 0 Å². The fourth-order valence-electron chi connectivity index (χ4n) is 2.34. The van der Waals surface area contributed by atoms with Gasteiger partial charge >= 0.3 is 0 Å². The van der Waals surface area contributed by atoms with Crippen molar-refractivity contribution in [2.24, 2.45) is 5.73 Å². The second-order valence-corrected chi connectivity index (χ2v) is 6.09. The molecule has 3 rings (SSSR count). The standard InChI is InChI=1S/C15H17N5OS/c1-2-20-14(18-13(19-20)9-12(16)21)7-8-15-17-10-5-3-4-6-11(10)22-15/h3-6H,2,7-9H2,1H3,(H2,16,21). The van der Waals surface area contributed by atoms with Crippen LogP contribution in [0.15, 0.2) is 24.3 Å². The number of nitrogens with two attached hydrogens (primary N) is 1. The van der Waals surface area contributed by atoms with Gasteiger partial charge in [0, 0.05) is 19.4 Å². The highest BCUT2D eigenvalue weighted by atomic mass is 32.1. The Bertz CT molecular complexity index is 774. The fourth-order valence-corrected chi connectivity index (χ4v) is 3.31. The molecular formula is C15H17N5OS. The molecule has 22 heavy (non-hydrogen) atoms. The molecule has 0 fully saturated rings. The van der Waals surface area contributed by atoms with Gasteiger partial charge in [0.1, 0.15) is 5.82 Å². The third kappa shape index (κ3) is 3.14. The van der Waals surface area contributed by atoms with Gasteiger partial charge in [0.05, 0.1) is 21.6 Å². The predicted octanol–water partition coefficient (Wildman–Crippen LogP) is 1.72. The lowest BCUT2D eigenvalue weighted by molar-refractivity contribution is -0.117. The average Bonchev–Trinajstić information content (AvgIpc) is 3.07. The maximum atomic E-state index is 11.0. The number of amides is 1. The van der Waals surface area contributed by atoms with Crippen LogP contribution in [0.3, 0.4) is 0 Å². The number of aryl methyl sites for hydroxylation is 3. The number of benzene rings is 1. The molecule has 0 aliphatic heterocycles. The molecule has 0 aliphatic rings.